The maximum atomic E-state index is 12.3. The largest absolute Gasteiger partial charge is 0.324 e. The average molecular weight is 261 g/mol. The Kier molecular flexibility index (Phi) is 4.43. The lowest BCUT2D eigenvalue weighted by Gasteiger charge is -2.31. The van der Waals surface area contributed by atoms with Gasteiger partial charge in [-0.2, -0.15) is 0 Å². The molecule has 19 heavy (non-hydrogen) atoms. The number of carbonyl (C=O) groups excluding carboxylic acids is 1. The van der Waals surface area contributed by atoms with E-state index in [-0.39, 0.29) is 12.1 Å². The summed E-state index contributed by atoms with van der Waals surface area (Å²) in [6.45, 7) is 5.80. The molecule has 0 aliphatic carbocycles. The molecule has 2 amide bonds. The Bertz CT molecular complexity index is 445. The normalized spacial score (nSPS) is 21.0. The van der Waals surface area contributed by atoms with Crippen LogP contribution in [0.5, 0.6) is 0 Å². The van der Waals surface area contributed by atoms with Crippen LogP contribution in [0.15, 0.2) is 24.3 Å². The number of urea groups is 1. The molecule has 0 saturated carbocycles. The van der Waals surface area contributed by atoms with E-state index in [4.69, 9.17) is 5.73 Å². The molecule has 3 N–H and O–H groups in total. The molecule has 4 nitrogen and oxygen atoms in total. The minimum absolute atomic E-state index is 0.0142. The summed E-state index contributed by atoms with van der Waals surface area (Å²) >= 11 is 0. The number of hydrogen-bond acceptors (Lipinski definition) is 2. The van der Waals surface area contributed by atoms with Crippen molar-refractivity contribution in [2.45, 2.75) is 32.7 Å². The standard InChI is InChI=1S/C15H23N3O/c1-11-6-5-9-18(10-11)15(19)17-14-8-4-3-7-13(14)12(2)16/h3-4,7-8,11-12H,5-6,9-10,16H2,1-2H3,(H,17,19). The van der Waals surface area contributed by atoms with Crippen LogP contribution in [0.1, 0.15) is 38.3 Å². The fraction of sp³-hybridized carbons (Fsp3) is 0.533. The fourth-order valence-electron chi connectivity index (χ4n) is 2.58. The van der Waals surface area contributed by atoms with Gasteiger partial charge in [0.05, 0.1) is 0 Å². The van der Waals surface area contributed by atoms with E-state index in [1.165, 1.54) is 6.42 Å². The molecule has 1 aliphatic rings. The molecule has 0 spiro atoms. The van der Waals surface area contributed by atoms with Crippen molar-refractivity contribution in [2.24, 2.45) is 11.7 Å². The summed E-state index contributed by atoms with van der Waals surface area (Å²) in [7, 11) is 0. The second-order valence-corrected chi connectivity index (χ2v) is 5.50. The second-order valence-electron chi connectivity index (χ2n) is 5.50. The lowest BCUT2D eigenvalue weighted by Crippen LogP contribution is -2.41. The molecule has 1 aliphatic heterocycles. The van der Waals surface area contributed by atoms with Gasteiger partial charge in [0.2, 0.25) is 0 Å². The predicted octanol–water partition coefficient (Wildman–Crippen LogP) is 2.97. The van der Waals surface area contributed by atoms with Crippen LogP contribution in [-0.2, 0) is 0 Å². The molecule has 104 valence electrons. The number of nitrogens with one attached hydrogen (secondary N) is 1. The number of amides is 2. The van der Waals surface area contributed by atoms with Gasteiger partial charge in [-0.15, -0.1) is 0 Å². The van der Waals surface area contributed by atoms with Gasteiger partial charge >= 0.3 is 6.03 Å². The van der Waals surface area contributed by atoms with E-state index < -0.39 is 0 Å². The Morgan fingerprint density at radius 3 is 2.89 bits per heavy atom. The van der Waals surface area contributed by atoms with Gasteiger partial charge < -0.3 is 16.0 Å². The van der Waals surface area contributed by atoms with Crippen LogP contribution in [-0.4, -0.2) is 24.0 Å². The Balaban J connectivity index is 2.06. The van der Waals surface area contributed by atoms with E-state index in [1.807, 2.05) is 36.1 Å². The van der Waals surface area contributed by atoms with E-state index in [0.717, 1.165) is 30.8 Å². The number of likely N-dealkylation sites (tertiary alicyclic amines) is 1. The first-order chi connectivity index (χ1) is 9.08. The molecule has 2 rings (SSSR count). The maximum Gasteiger partial charge on any atom is 0.321 e. The summed E-state index contributed by atoms with van der Waals surface area (Å²) in [4.78, 5) is 14.2. The SMILES string of the molecule is CC1CCCN(C(=O)Nc2ccccc2C(C)N)C1. The van der Waals surface area contributed by atoms with Crippen LogP contribution < -0.4 is 11.1 Å². The number of para-hydroxylation sites is 1. The van der Waals surface area contributed by atoms with Gasteiger partial charge in [0, 0.05) is 24.8 Å². The smallest absolute Gasteiger partial charge is 0.321 e. The summed E-state index contributed by atoms with van der Waals surface area (Å²) in [5.41, 5.74) is 7.72. The highest BCUT2D eigenvalue weighted by Gasteiger charge is 2.21. The number of hydrogen-bond donors (Lipinski definition) is 2. The minimum atomic E-state index is -0.0863. The quantitative estimate of drug-likeness (QED) is 0.860. The van der Waals surface area contributed by atoms with E-state index in [9.17, 15) is 4.79 Å². The van der Waals surface area contributed by atoms with Gasteiger partial charge in [-0.25, -0.2) is 4.79 Å². The molecule has 1 aromatic rings. The number of nitrogens with zero attached hydrogens (tertiary/aromatic N) is 1. The number of nitrogens with two attached hydrogens (primary N) is 1. The third kappa shape index (κ3) is 3.47. The summed E-state index contributed by atoms with van der Waals surface area (Å²) in [6.07, 6.45) is 2.30. The van der Waals surface area contributed by atoms with Crippen LogP contribution >= 0.6 is 0 Å². The van der Waals surface area contributed by atoms with Crippen LogP contribution in [0.3, 0.4) is 0 Å². The molecule has 1 heterocycles. The molecule has 4 heteroatoms. The monoisotopic (exact) mass is 261 g/mol. The van der Waals surface area contributed by atoms with Gasteiger partial charge in [0.15, 0.2) is 0 Å². The minimum Gasteiger partial charge on any atom is -0.324 e. The molecule has 0 aromatic heterocycles. The Hall–Kier alpha value is -1.55. The van der Waals surface area contributed by atoms with Crippen LogP contribution in [0.2, 0.25) is 0 Å². The zero-order valence-electron chi connectivity index (χ0n) is 11.7. The summed E-state index contributed by atoms with van der Waals surface area (Å²) in [5, 5.41) is 2.99. The van der Waals surface area contributed by atoms with E-state index >= 15 is 0 Å². The highest BCUT2D eigenvalue weighted by atomic mass is 16.2. The lowest BCUT2D eigenvalue weighted by molar-refractivity contribution is 0.182. The number of piperidine rings is 1. The van der Waals surface area contributed by atoms with Crippen LogP contribution in [0.25, 0.3) is 0 Å². The van der Waals surface area contributed by atoms with Crippen molar-refractivity contribution in [3.8, 4) is 0 Å². The lowest BCUT2D eigenvalue weighted by atomic mass is 10.0. The zero-order valence-corrected chi connectivity index (χ0v) is 11.7. The molecular weight excluding hydrogens is 238 g/mol. The molecule has 1 fully saturated rings. The van der Waals surface area contributed by atoms with Crippen molar-refractivity contribution in [1.29, 1.82) is 0 Å². The number of rotatable bonds is 2. The third-order valence-electron chi connectivity index (χ3n) is 3.64. The Labute approximate surface area is 115 Å². The topological polar surface area (TPSA) is 58.4 Å². The molecule has 1 saturated heterocycles. The van der Waals surface area contributed by atoms with Crippen molar-refractivity contribution in [2.75, 3.05) is 18.4 Å². The van der Waals surface area contributed by atoms with Crippen LogP contribution in [0.4, 0.5) is 10.5 Å². The number of benzene rings is 1. The van der Waals surface area contributed by atoms with Gasteiger partial charge in [-0.3, -0.25) is 0 Å². The van der Waals surface area contributed by atoms with Crippen molar-refractivity contribution < 1.29 is 4.79 Å². The second kappa shape index (κ2) is 6.06. The molecule has 2 unspecified atom stereocenters. The molecule has 1 aromatic carbocycles. The molecule has 2 atom stereocenters. The van der Waals surface area contributed by atoms with Gasteiger partial charge in [0.1, 0.15) is 0 Å². The first-order valence-electron chi connectivity index (χ1n) is 6.98. The Morgan fingerprint density at radius 1 is 1.47 bits per heavy atom. The van der Waals surface area contributed by atoms with Gasteiger partial charge in [0.25, 0.3) is 0 Å². The van der Waals surface area contributed by atoms with Crippen LogP contribution in [0, 0.1) is 5.92 Å². The van der Waals surface area contributed by atoms with Gasteiger partial charge in [-0.1, -0.05) is 25.1 Å². The number of carbonyl (C=O) groups is 1. The summed E-state index contributed by atoms with van der Waals surface area (Å²) < 4.78 is 0. The number of anilines is 1. The summed E-state index contributed by atoms with van der Waals surface area (Å²) in [6, 6.07) is 7.62. The van der Waals surface area contributed by atoms with E-state index in [0.29, 0.717) is 5.92 Å². The summed E-state index contributed by atoms with van der Waals surface area (Å²) in [5.74, 6) is 0.586. The maximum absolute atomic E-state index is 12.3. The zero-order chi connectivity index (χ0) is 13.8. The first kappa shape index (κ1) is 13.9. The third-order valence-corrected chi connectivity index (χ3v) is 3.64. The van der Waals surface area contributed by atoms with Crippen molar-refractivity contribution in [1.82, 2.24) is 4.90 Å². The fourth-order valence-corrected chi connectivity index (χ4v) is 2.58. The highest BCUT2D eigenvalue weighted by molar-refractivity contribution is 5.90. The predicted molar refractivity (Wildman–Crippen MR) is 78.0 cm³/mol. The average Bonchev–Trinajstić information content (AvgIpc) is 2.39. The highest BCUT2D eigenvalue weighted by Crippen LogP contribution is 2.22. The molecular formula is C15H23N3O. The van der Waals surface area contributed by atoms with Gasteiger partial charge in [-0.05, 0) is 37.3 Å². The molecule has 0 radical (unpaired) electrons. The van der Waals surface area contributed by atoms with Crippen molar-refractivity contribution in [3.63, 3.8) is 0 Å². The van der Waals surface area contributed by atoms with E-state index in [1.54, 1.807) is 0 Å². The van der Waals surface area contributed by atoms with E-state index in [2.05, 4.69) is 12.2 Å². The van der Waals surface area contributed by atoms with Crippen molar-refractivity contribution in [3.05, 3.63) is 29.8 Å². The molecule has 0 bridgehead atoms. The van der Waals surface area contributed by atoms with Crippen molar-refractivity contribution >= 4 is 11.7 Å². The Morgan fingerprint density at radius 2 is 2.21 bits per heavy atom. The first-order valence-corrected chi connectivity index (χ1v) is 6.98.